The van der Waals surface area contributed by atoms with Crippen LogP contribution >= 0.6 is 11.3 Å². The van der Waals surface area contributed by atoms with Crippen molar-refractivity contribution >= 4 is 33.1 Å². The highest BCUT2D eigenvalue weighted by Crippen LogP contribution is 2.25. The minimum Gasteiger partial charge on any atom is -0.495 e. The van der Waals surface area contributed by atoms with Crippen LogP contribution in [0.15, 0.2) is 63.5 Å². The fraction of sp³-hybridized carbons (Fsp3) is 0.174. The molecule has 1 amide bonds. The van der Waals surface area contributed by atoms with Crippen LogP contribution in [0.4, 0.5) is 10.1 Å². The van der Waals surface area contributed by atoms with Crippen molar-refractivity contribution in [3.05, 3.63) is 91.7 Å². The number of thiophene rings is 1. The lowest BCUT2D eigenvalue weighted by Gasteiger charge is -2.14. The molecule has 0 fully saturated rings. The number of methoxy groups -OCH3 is 1. The summed E-state index contributed by atoms with van der Waals surface area (Å²) in [4.78, 5) is 38.9. The van der Waals surface area contributed by atoms with Crippen molar-refractivity contribution in [3.8, 4) is 5.75 Å². The maximum absolute atomic E-state index is 13.2. The van der Waals surface area contributed by atoms with Gasteiger partial charge in [0, 0.05) is 0 Å². The highest BCUT2D eigenvalue weighted by atomic mass is 32.1. The first-order chi connectivity index (χ1) is 15.4. The van der Waals surface area contributed by atoms with Crippen LogP contribution in [0.2, 0.25) is 0 Å². The lowest BCUT2D eigenvalue weighted by atomic mass is 10.2. The van der Waals surface area contributed by atoms with Crippen LogP contribution in [0.1, 0.15) is 11.1 Å². The molecule has 0 spiro atoms. The summed E-state index contributed by atoms with van der Waals surface area (Å²) in [6.45, 7) is 1.58. The quantitative estimate of drug-likeness (QED) is 0.485. The van der Waals surface area contributed by atoms with E-state index < -0.39 is 23.0 Å². The van der Waals surface area contributed by atoms with Gasteiger partial charge in [0.2, 0.25) is 5.91 Å². The van der Waals surface area contributed by atoms with Crippen LogP contribution in [0.3, 0.4) is 0 Å². The zero-order valence-electron chi connectivity index (χ0n) is 17.4. The zero-order chi connectivity index (χ0) is 22.8. The van der Waals surface area contributed by atoms with Crippen molar-refractivity contribution in [1.82, 2.24) is 9.13 Å². The molecule has 7 nitrogen and oxygen atoms in total. The fourth-order valence-electron chi connectivity index (χ4n) is 3.45. The Hall–Kier alpha value is -3.72. The molecular weight excluding hydrogens is 433 g/mol. The van der Waals surface area contributed by atoms with Crippen molar-refractivity contribution < 1.29 is 13.9 Å². The number of carbonyl (C=O) groups excluding carboxylic acids is 1. The Labute approximate surface area is 186 Å². The topological polar surface area (TPSA) is 82.3 Å². The van der Waals surface area contributed by atoms with Crippen molar-refractivity contribution in [2.45, 2.75) is 20.0 Å². The number of aromatic nitrogens is 2. The van der Waals surface area contributed by atoms with E-state index in [1.807, 2.05) is 13.0 Å². The molecule has 0 atom stereocenters. The second-order valence-electron chi connectivity index (χ2n) is 7.27. The summed E-state index contributed by atoms with van der Waals surface area (Å²) in [7, 11) is 1.51. The van der Waals surface area contributed by atoms with Crippen molar-refractivity contribution in [2.75, 3.05) is 12.4 Å². The van der Waals surface area contributed by atoms with Gasteiger partial charge in [0.15, 0.2) is 0 Å². The second kappa shape index (κ2) is 8.80. The van der Waals surface area contributed by atoms with Gasteiger partial charge in [0.05, 0.1) is 24.9 Å². The molecule has 4 rings (SSSR count). The highest BCUT2D eigenvalue weighted by Gasteiger charge is 2.17. The van der Waals surface area contributed by atoms with Crippen LogP contribution in [-0.4, -0.2) is 22.2 Å². The molecule has 164 valence electrons. The van der Waals surface area contributed by atoms with E-state index in [0.717, 1.165) is 10.1 Å². The molecule has 0 saturated carbocycles. The fourth-order valence-corrected chi connectivity index (χ4v) is 4.29. The van der Waals surface area contributed by atoms with E-state index in [0.29, 0.717) is 27.2 Å². The molecule has 0 aliphatic rings. The third kappa shape index (κ3) is 4.19. The number of benzene rings is 2. The molecule has 32 heavy (non-hydrogen) atoms. The molecule has 0 bridgehead atoms. The van der Waals surface area contributed by atoms with Crippen LogP contribution < -0.4 is 21.3 Å². The Kier molecular flexibility index (Phi) is 5.91. The normalized spacial score (nSPS) is 11.0. The summed E-state index contributed by atoms with van der Waals surface area (Å²) in [5, 5.41) is 4.48. The Bertz CT molecular complexity index is 1420. The van der Waals surface area contributed by atoms with E-state index in [9.17, 15) is 18.8 Å². The first kappa shape index (κ1) is 21.5. The van der Waals surface area contributed by atoms with Crippen LogP contribution in [0.5, 0.6) is 5.75 Å². The summed E-state index contributed by atoms with van der Waals surface area (Å²) in [6, 6.07) is 12.6. The lowest BCUT2D eigenvalue weighted by molar-refractivity contribution is -0.116. The third-order valence-corrected chi connectivity index (χ3v) is 5.91. The molecule has 1 N–H and O–H groups in total. The van der Waals surface area contributed by atoms with Crippen molar-refractivity contribution in [3.63, 3.8) is 0 Å². The number of anilines is 1. The molecule has 0 unspecified atom stereocenters. The summed E-state index contributed by atoms with van der Waals surface area (Å²) < 4.78 is 21.2. The van der Waals surface area contributed by atoms with Crippen LogP contribution in [0, 0.1) is 12.7 Å². The molecule has 0 aliphatic heterocycles. The van der Waals surface area contributed by atoms with Gasteiger partial charge in [-0.2, -0.15) is 0 Å². The molecular formula is C23H20FN3O4S. The number of halogens is 1. The van der Waals surface area contributed by atoms with Gasteiger partial charge < -0.3 is 10.1 Å². The van der Waals surface area contributed by atoms with E-state index in [2.05, 4.69) is 5.32 Å². The summed E-state index contributed by atoms with van der Waals surface area (Å²) in [5.74, 6) is -0.343. The molecule has 0 aliphatic carbocycles. The summed E-state index contributed by atoms with van der Waals surface area (Å²) >= 11 is 1.20. The Balaban J connectivity index is 1.71. The average Bonchev–Trinajstić information content (AvgIpc) is 3.26. The van der Waals surface area contributed by atoms with Gasteiger partial charge in [-0.25, -0.2) is 9.18 Å². The lowest BCUT2D eigenvalue weighted by Crippen LogP contribution is -2.41. The minimum atomic E-state index is -0.614. The number of amides is 1. The minimum absolute atomic E-state index is 0.0287. The van der Waals surface area contributed by atoms with Gasteiger partial charge >= 0.3 is 5.69 Å². The van der Waals surface area contributed by atoms with Gasteiger partial charge in [0.25, 0.3) is 5.56 Å². The smallest absolute Gasteiger partial charge is 0.332 e. The van der Waals surface area contributed by atoms with Crippen molar-refractivity contribution in [1.29, 1.82) is 0 Å². The van der Waals surface area contributed by atoms with E-state index in [4.69, 9.17) is 4.74 Å². The molecule has 2 aromatic heterocycles. The number of ether oxygens (including phenoxy) is 1. The number of carbonyl (C=O) groups is 1. The van der Waals surface area contributed by atoms with E-state index in [1.165, 1.54) is 47.3 Å². The predicted molar refractivity (Wildman–Crippen MR) is 122 cm³/mol. The third-order valence-electron chi connectivity index (χ3n) is 5.02. The Morgan fingerprint density at radius 3 is 2.56 bits per heavy atom. The molecule has 2 heterocycles. The number of aryl methyl sites for hydroxylation is 1. The van der Waals surface area contributed by atoms with Gasteiger partial charge in [-0.3, -0.25) is 18.7 Å². The number of hydrogen-bond acceptors (Lipinski definition) is 5. The number of fused-ring (bicyclic) bond motifs is 1. The standard InChI is InChI=1S/C23H20FN3O4S/c1-14-3-8-19(31-2)17(11-14)25-20(28)13-26-18-9-10-32-21(18)22(29)27(23(26)30)12-15-4-6-16(24)7-5-15/h3-11H,12-13H2,1-2H3,(H,25,28). The maximum Gasteiger partial charge on any atom is 0.332 e. The monoisotopic (exact) mass is 453 g/mol. The van der Waals surface area contributed by atoms with Gasteiger partial charge in [-0.1, -0.05) is 18.2 Å². The summed E-state index contributed by atoms with van der Waals surface area (Å²) in [6.07, 6.45) is 0. The number of rotatable bonds is 6. The molecule has 0 radical (unpaired) electrons. The number of hydrogen-bond donors (Lipinski definition) is 1. The average molecular weight is 453 g/mol. The van der Waals surface area contributed by atoms with Crippen LogP contribution in [-0.2, 0) is 17.9 Å². The first-order valence-corrected chi connectivity index (χ1v) is 10.6. The largest absolute Gasteiger partial charge is 0.495 e. The highest BCUT2D eigenvalue weighted by molar-refractivity contribution is 7.17. The Morgan fingerprint density at radius 2 is 1.84 bits per heavy atom. The van der Waals surface area contributed by atoms with Crippen molar-refractivity contribution in [2.24, 2.45) is 0 Å². The van der Waals surface area contributed by atoms with Gasteiger partial charge in [-0.15, -0.1) is 11.3 Å². The SMILES string of the molecule is COc1ccc(C)cc1NC(=O)Cn1c(=O)n(Cc2ccc(F)cc2)c(=O)c2sccc21. The molecule has 0 saturated heterocycles. The zero-order valence-corrected chi connectivity index (χ0v) is 18.2. The van der Waals surface area contributed by atoms with E-state index in [-0.39, 0.29) is 13.1 Å². The molecule has 9 heteroatoms. The van der Waals surface area contributed by atoms with E-state index in [1.54, 1.807) is 23.6 Å². The predicted octanol–water partition coefficient (Wildman–Crippen LogP) is 3.37. The first-order valence-electron chi connectivity index (χ1n) is 9.77. The van der Waals surface area contributed by atoms with Crippen LogP contribution in [0.25, 0.3) is 10.2 Å². The number of nitrogens with zero attached hydrogens (tertiary/aromatic N) is 2. The Morgan fingerprint density at radius 1 is 1.09 bits per heavy atom. The van der Waals surface area contributed by atoms with Gasteiger partial charge in [0.1, 0.15) is 22.8 Å². The van der Waals surface area contributed by atoms with Gasteiger partial charge in [-0.05, 0) is 53.8 Å². The maximum atomic E-state index is 13.2. The second-order valence-corrected chi connectivity index (χ2v) is 8.19. The van der Waals surface area contributed by atoms with E-state index >= 15 is 0 Å². The summed E-state index contributed by atoms with van der Waals surface area (Å²) in [5.41, 5.74) is 1.37. The molecule has 2 aromatic carbocycles. The molecule has 4 aromatic rings. The number of nitrogens with one attached hydrogen (secondary N) is 1.